The van der Waals surface area contributed by atoms with Crippen molar-refractivity contribution in [3.05, 3.63) is 29.8 Å². The van der Waals surface area contributed by atoms with E-state index in [2.05, 4.69) is 0 Å². The molecular weight excluding hydrogens is 178 g/mol. The van der Waals surface area contributed by atoms with Gasteiger partial charge in [0.25, 0.3) is 0 Å². The Hall–Kier alpha value is -1.35. The Kier molecular flexibility index (Phi) is 3.65. The molecule has 1 aromatic rings. The monoisotopic (exact) mass is 193 g/mol. The fraction of sp³-hybridized carbons (Fsp3) is 0.364. The fourth-order valence-electron chi connectivity index (χ4n) is 0.920. The molecule has 2 N–H and O–H groups in total. The van der Waals surface area contributed by atoms with Crippen LogP contribution in [0, 0.1) is 6.92 Å². The predicted molar refractivity (Wildman–Crippen MR) is 55.3 cm³/mol. The van der Waals surface area contributed by atoms with Gasteiger partial charge >= 0.3 is 0 Å². The van der Waals surface area contributed by atoms with Gasteiger partial charge in [0.15, 0.2) is 5.78 Å². The first kappa shape index (κ1) is 10.7. The molecule has 1 atom stereocenters. The molecule has 3 nitrogen and oxygen atoms in total. The molecular formula is C11H15NO2. The van der Waals surface area contributed by atoms with Gasteiger partial charge in [-0.05, 0) is 26.0 Å². The van der Waals surface area contributed by atoms with Gasteiger partial charge in [0.2, 0.25) is 0 Å². The molecule has 0 bridgehead atoms. The third-order valence-corrected chi connectivity index (χ3v) is 1.91. The van der Waals surface area contributed by atoms with Gasteiger partial charge in [0, 0.05) is 0 Å². The van der Waals surface area contributed by atoms with Crippen molar-refractivity contribution in [2.45, 2.75) is 19.9 Å². The molecule has 0 heterocycles. The maximum absolute atomic E-state index is 11.1. The lowest BCUT2D eigenvalue weighted by atomic mass is 10.2. The summed E-state index contributed by atoms with van der Waals surface area (Å²) in [4.78, 5) is 11.1. The van der Waals surface area contributed by atoms with E-state index in [-0.39, 0.29) is 12.4 Å². The lowest BCUT2D eigenvalue weighted by Crippen LogP contribution is -2.31. The minimum atomic E-state index is -0.458. The molecule has 1 unspecified atom stereocenters. The number of benzene rings is 1. The minimum absolute atomic E-state index is 0.0424. The van der Waals surface area contributed by atoms with E-state index in [1.165, 1.54) is 0 Å². The SMILES string of the molecule is Cc1ccc(OCC(=O)C(C)N)cc1. The number of carbonyl (C=O) groups excluding carboxylic acids is 1. The van der Waals surface area contributed by atoms with Gasteiger partial charge in [0.1, 0.15) is 12.4 Å². The number of Topliss-reactive ketones (excluding diaryl/α,β-unsaturated/α-hetero) is 1. The van der Waals surface area contributed by atoms with Gasteiger partial charge in [-0.15, -0.1) is 0 Å². The number of aryl methyl sites for hydroxylation is 1. The molecule has 0 saturated heterocycles. The first-order valence-electron chi connectivity index (χ1n) is 4.57. The van der Waals surface area contributed by atoms with Crippen molar-refractivity contribution in [2.75, 3.05) is 6.61 Å². The molecule has 0 saturated carbocycles. The number of ketones is 1. The zero-order valence-electron chi connectivity index (χ0n) is 8.49. The summed E-state index contributed by atoms with van der Waals surface area (Å²) >= 11 is 0. The van der Waals surface area contributed by atoms with E-state index >= 15 is 0 Å². The van der Waals surface area contributed by atoms with Crippen molar-refractivity contribution in [1.29, 1.82) is 0 Å². The van der Waals surface area contributed by atoms with Crippen molar-refractivity contribution in [2.24, 2.45) is 5.73 Å². The molecule has 0 amide bonds. The summed E-state index contributed by atoms with van der Waals surface area (Å²) in [5.41, 5.74) is 6.56. The Morgan fingerprint density at radius 2 is 2.00 bits per heavy atom. The number of hydrogen-bond acceptors (Lipinski definition) is 3. The fourth-order valence-corrected chi connectivity index (χ4v) is 0.920. The van der Waals surface area contributed by atoms with Crippen molar-refractivity contribution in [1.82, 2.24) is 0 Å². The van der Waals surface area contributed by atoms with Crippen molar-refractivity contribution >= 4 is 5.78 Å². The average molecular weight is 193 g/mol. The molecule has 14 heavy (non-hydrogen) atoms. The molecule has 76 valence electrons. The van der Waals surface area contributed by atoms with Crippen molar-refractivity contribution in [3.8, 4) is 5.75 Å². The third-order valence-electron chi connectivity index (χ3n) is 1.91. The van der Waals surface area contributed by atoms with E-state index < -0.39 is 6.04 Å². The van der Waals surface area contributed by atoms with Crippen LogP contribution in [0.15, 0.2) is 24.3 Å². The number of hydrogen-bond donors (Lipinski definition) is 1. The predicted octanol–water partition coefficient (Wildman–Crippen LogP) is 1.29. The molecule has 0 fully saturated rings. The highest BCUT2D eigenvalue weighted by Crippen LogP contribution is 2.11. The zero-order valence-corrected chi connectivity index (χ0v) is 8.49. The average Bonchev–Trinajstić information content (AvgIpc) is 2.16. The molecule has 1 aromatic carbocycles. The van der Waals surface area contributed by atoms with Crippen LogP contribution in [0.2, 0.25) is 0 Å². The van der Waals surface area contributed by atoms with Crippen molar-refractivity contribution < 1.29 is 9.53 Å². The Morgan fingerprint density at radius 3 is 2.50 bits per heavy atom. The first-order chi connectivity index (χ1) is 6.59. The van der Waals surface area contributed by atoms with Crippen LogP contribution in [0.3, 0.4) is 0 Å². The number of carbonyl (C=O) groups is 1. The molecule has 0 aliphatic rings. The molecule has 3 heteroatoms. The highest BCUT2D eigenvalue weighted by molar-refractivity contribution is 5.84. The largest absolute Gasteiger partial charge is 0.486 e. The van der Waals surface area contributed by atoms with E-state index in [0.717, 1.165) is 5.56 Å². The molecule has 1 rings (SSSR count). The highest BCUT2D eigenvalue weighted by atomic mass is 16.5. The lowest BCUT2D eigenvalue weighted by molar-refractivity contribution is -0.121. The molecule has 0 spiro atoms. The molecule has 0 aliphatic heterocycles. The van der Waals surface area contributed by atoms with E-state index in [1.807, 2.05) is 31.2 Å². The number of rotatable bonds is 4. The minimum Gasteiger partial charge on any atom is -0.486 e. The smallest absolute Gasteiger partial charge is 0.186 e. The van der Waals surface area contributed by atoms with Crippen LogP contribution in [0.1, 0.15) is 12.5 Å². The summed E-state index contributed by atoms with van der Waals surface area (Å²) in [5, 5.41) is 0. The van der Waals surface area contributed by atoms with Gasteiger partial charge in [0.05, 0.1) is 6.04 Å². The van der Waals surface area contributed by atoms with E-state index in [4.69, 9.17) is 10.5 Å². The van der Waals surface area contributed by atoms with Crippen LogP contribution in [0.5, 0.6) is 5.75 Å². The van der Waals surface area contributed by atoms with Gasteiger partial charge in [-0.3, -0.25) is 4.79 Å². The second kappa shape index (κ2) is 4.77. The van der Waals surface area contributed by atoms with Crippen LogP contribution in [0.25, 0.3) is 0 Å². The quantitative estimate of drug-likeness (QED) is 0.784. The van der Waals surface area contributed by atoms with Crippen LogP contribution in [-0.2, 0) is 4.79 Å². The Morgan fingerprint density at radius 1 is 1.43 bits per heavy atom. The molecule has 0 aromatic heterocycles. The van der Waals surface area contributed by atoms with E-state index in [1.54, 1.807) is 6.92 Å². The Balaban J connectivity index is 2.46. The molecule has 0 aliphatic carbocycles. The topological polar surface area (TPSA) is 52.3 Å². The Labute approximate surface area is 83.9 Å². The second-order valence-electron chi connectivity index (χ2n) is 3.36. The first-order valence-corrected chi connectivity index (χ1v) is 4.57. The summed E-state index contributed by atoms with van der Waals surface area (Å²) in [6.45, 7) is 3.69. The summed E-state index contributed by atoms with van der Waals surface area (Å²) in [5.74, 6) is 0.607. The Bertz CT molecular complexity index is 304. The normalized spacial score (nSPS) is 12.2. The van der Waals surface area contributed by atoms with E-state index in [9.17, 15) is 4.79 Å². The maximum atomic E-state index is 11.1. The lowest BCUT2D eigenvalue weighted by Gasteiger charge is -2.07. The summed E-state index contributed by atoms with van der Waals surface area (Å²) in [7, 11) is 0. The van der Waals surface area contributed by atoms with Gasteiger partial charge in [-0.25, -0.2) is 0 Å². The highest BCUT2D eigenvalue weighted by Gasteiger charge is 2.07. The van der Waals surface area contributed by atoms with Crippen molar-refractivity contribution in [3.63, 3.8) is 0 Å². The van der Waals surface area contributed by atoms with Crippen LogP contribution in [-0.4, -0.2) is 18.4 Å². The van der Waals surface area contributed by atoms with Crippen LogP contribution < -0.4 is 10.5 Å². The molecule has 0 radical (unpaired) electrons. The third kappa shape index (κ3) is 3.18. The van der Waals surface area contributed by atoms with Gasteiger partial charge in [-0.2, -0.15) is 0 Å². The maximum Gasteiger partial charge on any atom is 0.186 e. The van der Waals surface area contributed by atoms with Gasteiger partial charge < -0.3 is 10.5 Å². The van der Waals surface area contributed by atoms with Crippen LogP contribution >= 0.6 is 0 Å². The zero-order chi connectivity index (χ0) is 10.6. The number of nitrogens with two attached hydrogens (primary N) is 1. The number of ether oxygens (including phenoxy) is 1. The van der Waals surface area contributed by atoms with Gasteiger partial charge in [-0.1, -0.05) is 17.7 Å². The summed E-state index contributed by atoms with van der Waals surface area (Å²) in [6.07, 6.45) is 0. The second-order valence-corrected chi connectivity index (χ2v) is 3.36. The van der Waals surface area contributed by atoms with Crippen LogP contribution in [0.4, 0.5) is 0 Å². The van der Waals surface area contributed by atoms with E-state index in [0.29, 0.717) is 5.75 Å². The summed E-state index contributed by atoms with van der Waals surface area (Å²) < 4.78 is 5.25. The standard InChI is InChI=1S/C11H15NO2/c1-8-3-5-10(6-4-8)14-7-11(13)9(2)12/h3-6,9H,7,12H2,1-2H3. The summed E-state index contributed by atoms with van der Waals surface area (Å²) in [6, 6.07) is 7.09.